The molecule has 8 nitrogen and oxygen atoms in total. The number of carbonyl (C=O) groups is 1. The molecule has 0 spiro atoms. The van der Waals surface area contributed by atoms with Gasteiger partial charge in [-0.1, -0.05) is 47.5 Å². The van der Waals surface area contributed by atoms with Crippen molar-refractivity contribution in [2.45, 2.75) is 30.1 Å². The van der Waals surface area contributed by atoms with Gasteiger partial charge in [-0.15, -0.1) is 0 Å². The molecule has 1 heterocycles. The second-order valence-corrected chi connectivity index (χ2v) is 12.2. The zero-order valence-electron chi connectivity index (χ0n) is 21.4. The van der Waals surface area contributed by atoms with Gasteiger partial charge in [-0.05, 0) is 79.2 Å². The predicted octanol–water partition coefficient (Wildman–Crippen LogP) is 5.97. The molecule has 0 fully saturated rings. The van der Waals surface area contributed by atoms with Gasteiger partial charge >= 0.3 is 0 Å². The molecular weight excluding hydrogens is 601 g/mol. The summed E-state index contributed by atoms with van der Waals surface area (Å²) in [6.07, 6.45) is 1.42. The number of Topliss-reactive ketones (excluding diaryl/α,β-unsaturated/α-hetero) is 1. The molecule has 0 saturated heterocycles. The molecule has 0 saturated carbocycles. The Balaban J connectivity index is 1.72. The van der Waals surface area contributed by atoms with Crippen molar-refractivity contribution in [1.29, 1.82) is 5.26 Å². The lowest BCUT2D eigenvalue weighted by atomic mass is 9.75. The molecule has 12 heteroatoms. The highest BCUT2D eigenvalue weighted by atomic mass is 35.5. The van der Waals surface area contributed by atoms with Crippen LogP contribution >= 0.6 is 35.4 Å². The lowest BCUT2D eigenvalue weighted by Gasteiger charge is -2.41. The first kappa shape index (κ1) is 28.8. The summed E-state index contributed by atoms with van der Waals surface area (Å²) in [7, 11) is -3.94. The molecule has 1 atom stereocenters. The largest absolute Gasteiger partial charge is 0.332 e. The van der Waals surface area contributed by atoms with E-state index < -0.39 is 15.9 Å². The fourth-order valence-electron chi connectivity index (χ4n) is 5.09. The van der Waals surface area contributed by atoms with Crippen LogP contribution in [0.15, 0.2) is 100 Å². The molecule has 1 aliphatic heterocycles. The molecule has 5 rings (SSSR count). The molecule has 1 aliphatic carbocycles. The Bertz CT molecular complexity index is 1770. The van der Waals surface area contributed by atoms with Gasteiger partial charge in [0, 0.05) is 39.1 Å². The number of hydrogen-bond acceptors (Lipinski definition) is 6. The van der Waals surface area contributed by atoms with Crippen molar-refractivity contribution in [3.8, 4) is 6.07 Å². The van der Waals surface area contributed by atoms with E-state index in [0.29, 0.717) is 57.6 Å². The fraction of sp³-hybridized carbons (Fsp3) is 0.138. The lowest BCUT2D eigenvalue weighted by Crippen LogP contribution is -2.43. The molecule has 4 N–H and O–H groups in total. The Morgan fingerprint density at radius 3 is 2.37 bits per heavy atom. The van der Waals surface area contributed by atoms with Gasteiger partial charge in [0.15, 0.2) is 10.9 Å². The van der Waals surface area contributed by atoms with Gasteiger partial charge in [0.2, 0.25) is 10.0 Å². The van der Waals surface area contributed by atoms with E-state index in [0.717, 1.165) is 5.69 Å². The van der Waals surface area contributed by atoms with E-state index in [-0.39, 0.29) is 21.4 Å². The number of sulfonamides is 1. The number of carbonyl (C=O) groups excluding carboxylic acids is 1. The first-order valence-electron chi connectivity index (χ1n) is 12.5. The van der Waals surface area contributed by atoms with Crippen LogP contribution < -0.4 is 20.7 Å². The van der Waals surface area contributed by atoms with Crippen molar-refractivity contribution in [2.24, 2.45) is 5.14 Å². The summed E-state index contributed by atoms with van der Waals surface area (Å²) in [6, 6.07) is 22.4. The molecule has 0 aromatic heterocycles. The van der Waals surface area contributed by atoms with Gasteiger partial charge in [0.25, 0.3) is 0 Å². The fourth-order valence-corrected chi connectivity index (χ4v) is 6.34. The summed E-state index contributed by atoms with van der Waals surface area (Å²) in [5.74, 6) is -0.575. The van der Waals surface area contributed by atoms with Gasteiger partial charge in [0.1, 0.15) is 5.82 Å². The zero-order chi connectivity index (χ0) is 29.3. The van der Waals surface area contributed by atoms with E-state index in [9.17, 15) is 18.5 Å². The summed E-state index contributed by atoms with van der Waals surface area (Å²) in [6.45, 7) is 0. The number of hydrogen-bond donors (Lipinski definition) is 3. The highest BCUT2D eigenvalue weighted by molar-refractivity contribution is 7.89. The van der Waals surface area contributed by atoms with E-state index in [1.807, 2.05) is 30.3 Å². The third-order valence-electron chi connectivity index (χ3n) is 6.84. The maximum Gasteiger partial charge on any atom is 0.238 e. The predicted molar refractivity (Wildman–Crippen MR) is 164 cm³/mol. The normalized spacial score (nSPS) is 17.2. The average molecular weight is 625 g/mol. The first-order chi connectivity index (χ1) is 19.6. The van der Waals surface area contributed by atoms with E-state index in [4.69, 9.17) is 40.6 Å². The van der Waals surface area contributed by atoms with Crippen LogP contribution in [-0.4, -0.2) is 19.3 Å². The highest BCUT2D eigenvalue weighted by Crippen LogP contribution is 2.48. The summed E-state index contributed by atoms with van der Waals surface area (Å²) in [4.78, 5) is 15.2. The first-order valence-corrected chi connectivity index (χ1v) is 15.2. The number of para-hydroxylation sites is 1. The summed E-state index contributed by atoms with van der Waals surface area (Å²) in [5.41, 5.74) is 3.11. The Morgan fingerprint density at radius 2 is 1.73 bits per heavy atom. The van der Waals surface area contributed by atoms with E-state index in [1.165, 1.54) is 12.1 Å². The van der Waals surface area contributed by atoms with Crippen LogP contribution in [0.4, 0.5) is 11.4 Å². The molecule has 0 radical (unpaired) electrons. The molecule has 1 unspecified atom stereocenters. The average Bonchev–Trinajstić information content (AvgIpc) is 2.93. The van der Waals surface area contributed by atoms with Crippen LogP contribution in [0.5, 0.6) is 0 Å². The van der Waals surface area contributed by atoms with Gasteiger partial charge in [-0.3, -0.25) is 9.69 Å². The van der Waals surface area contributed by atoms with Crippen LogP contribution in [0.2, 0.25) is 10.0 Å². The quantitative estimate of drug-likeness (QED) is 0.296. The highest BCUT2D eigenvalue weighted by Gasteiger charge is 2.42. The monoisotopic (exact) mass is 623 g/mol. The van der Waals surface area contributed by atoms with Crippen molar-refractivity contribution >= 4 is 67.7 Å². The second kappa shape index (κ2) is 11.6. The van der Waals surface area contributed by atoms with Gasteiger partial charge in [-0.2, -0.15) is 5.26 Å². The van der Waals surface area contributed by atoms with Gasteiger partial charge in [-0.25, -0.2) is 13.6 Å². The topological polar surface area (TPSA) is 128 Å². The molecule has 208 valence electrons. The van der Waals surface area contributed by atoms with Crippen molar-refractivity contribution in [2.75, 3.05) is 10.2 Å². The van der Waals surface area contributed by atoms with Crippen molar-refractivity contribution < 1.29 is 13.2 Å². The van der Waals surface area contributed by atoms with Gasteiger partial charge < -0.3 is 10.6 Å². The van der Waals surface area contributed by atoms with E-state index >= 15 is 0 Å². The van der Waals surface area contributed by atoms with Crippen LogP contribution in [0.3, 0.4) is 0 Å². The third-order valence-corrected chi connectivity index (χ3v) is 8.53. The molecule has 3 aromatic rings. The van der Waals surface area contributed by atoms with Crippen LogP contribution in [0, 0.1) is 11.3 Å². The van der Waals surface area contributed by atoms with E-state index in [1.54, 1.807) is 35.2 Å². The lowest BCUT2D eigenvalue weighted by molar-refractivity contribution is -0.116. The molecule has 0 amide bonds. The Kier molecular flexibility index (Phi) is 8.18. The number of primary sulfonamides is 1. The van der Waals surface area contributed by atoms with E-state index in [2.05, 4.69) is 16.7 Å². The smallest absolute Gasteiger partial charge is 0.238 e. The summed E-state index contributed by atoms with van der Waals surface area (Å²) >= 11 is 18.5. The number of halogens is 2. The number of thiocarbonyl (C=S) groups is 1. The number of nitrogens with zero attached hydrogens (tertiary/aromatic N) is 2. The number of ketones is 1. The van der Waals surface area contributed by atoms with Crippen molar-refractivity contribution in [1.82, 2.24) is 5.32 Å². The number of rotatable bonds is 5. The number of nitriles is 1. The minimum atomic E-state index is -3.94. The Morgan fingerprint density at radius 1 is 1.02 bits per heavy atom. The Labute approximate surface area is 253 Å². The summed E-state index contributed by atoms with van der Waals surface area (Å²) < 4.78 is 23.9. The van der Waals surface area contributed by atoms with Gasteiger partial charge in [0.05, 0.1) is 22.5 Å². The SMILES string of the molecule is N#CC1=C(NC(=S)Nc2ccccc2)N(c2ccc(S(N)(=O)=O)cc2)C2=C(C(=O)CCC2)C1c1ccc(Cl)cc1Cl. The Hall–Kier alpha value is -3.72. The van der Waals surface area contributed by atoms with Crippen LogP contribution in [0.25, 0.3) is 0 Å². The van der Waals surface area contributed by atoms with Crippen LogP contribution in [-0.2, 0) is 14.8 Å². The van der Waals surface area contributed by atoms with Crippen molar-refractivity contribution in [3.63, 3.8) is 0 Å². The zero-order valence-corrected chi connectivity index (χ0v) is 24.5. The summed E-state index contributed by atoms with van der Waals surface area (Å²) in [5, 5.41) is 23.2. The number of nitrogens with one attached hydrogen (secondary N) is 2. The minimum absolute atomic E-state index is 0.0710. The maximum atomic E-state index is 13.5. The number of nitrogens with two attached hydrogens (primary N) is 1. The number of allylic oxidation sites excluding steroid dienone is 3. The molecule has 3 aromatic carbocycles. The third kappa shape index (κ3) is 5.86. The molecule has 41 heavy (non-hydrogen) atoms. The number of benzene rings is 3. The number of anilines is 2. The molecule has 0 bridgehead atoms. The minimum Gasteiger partial charge on any atom is -0.332 e. The standard InChI is InChI=1S/C29H23Cl2N5O3S2/c30-17-9-14-21(23(31)15-17)26-22(16-32)28(35-29(40)34-18-5-2-1-3-6-18)36(24-7-4-8-25(37)27(24)26)19-10-12-20(13-11-19)41(33,38)39/h1-3,5-6,9-15,26H,4,7-8H2,(H2,33,38,39)(H2,34,35,40). The molecule has 2 aliphatic rings. The molecular formula is C29H23Cl2N5O3S2. The second-order valence-electron chi connectivity index (χ2n) is 9.43. The maximum absolute atomic E-state index is 13.5. The van der Waals surface area contributed by atoms with Crippen LogP contribution in [0.1, 0.15) is 30.7 Å². The van der Waals surface area contributed by atoms with Crippen molar-refractivity contribution in [3.05, 3.63) is 111 Å².